The Hall–Kier alpha value is -6.83. The molecule has 2 aliphatic rings. The number of hydrogen-bond acceptors (Lipinski definition) is 1. The van der Waals surface area contributed by atoms with Crippen LogP contribution in [0.4, 0.5) is 0 Å². The third-order valence-corrected chi connectivity index (χ3v) is 13.3. The van der Waals surface area contributed by atoms with Gasteiger partial charge in [0.15, 0.2) is 0 Å². The fourth-order valence-electron chi connectivity index (χ4n) is 10.4. The van der Waals surface area contributed by atoms with Crippen LogP contribution in [0.2, 0.25) is 0 Å². The lowest BCUT2D eigenvalue weighted by Crippen LogP contribution is -2.25. The number of hydrogen-bond donors (Lipinski definition) is 0. The summed E-state index contributed by atoms with van der Waals surface area (Å²) >= 11 is 0. The van der Waals surface area contributed by atoms with Crippen molar-refractivity contribution in [2.75, 3.05) is 0 Å². The minimum absolute atomic E-state index is 0.0213. The van der Waals surface area contributed by atoms with Crippen molar-refractivity contribution >= 4 is 43.7 Å². The van der Waals surface area contributed by atoms with E-state index >= 15 is 0 Å². The van der Waals surface area contributed by atoms with Crippen LogP contribution in [0.1, 0.15) is 60.9 Å². The standard InChI is InChI=1S/C58H45N/c1-4-43-50(36-55(37-17-7-5-8-18-37)59-57(43)38-19-9-6-10-20-38)41-22-15-21-39(33-41)40-29-31-49-51(34-40)46-24-12-11-23-45(46)48-27-16-26-44(56(48)49)42-30-32-54-52(35-42)47-25-13-14-28-53(47)58(54,2)3/h5-36,43,50H,4H2,1-3H3. The summed E-state index contributed by atoms with van der Waals surface area (Å²) in [4.78, 5) is 5.36. The van der Waals surface area contributed by atoms with E-state index < -0.39 is 0 Å². The molecule has 0 N–H and O–H groups in total. The zero-order chi connectivity index (χ0) is 39.7. The Morgan fingerprint density at radius 3 is 1.83 bits per heavy atom. The van der Waals surface area contributed by atoms with Gasteiger partial charge in [0.05, 0.1) is 11.4 Å². The maximum Gasteiger partial charge on any atom is 0.0672 e. The van der Waals surface area contributed by atoms with Gasteiger partial charge in [0.25, 0.3) is 0 Å². The van der Waals surface area contributed by atoms with Crippen molar-refractivity contribution in [3.8, 4) is 33.4 Å². The number of rotatable bonds is 6. The molecule has 1 heterocycles. The van der Waals surface area contributed by atoms with E-state index in [0.717, 1.165) is 17.7 Å². The van der Waals surface area contributed by atoms with Crippen LogP contribution in [0, 0.1) is 5.92 Å². The normalized spacial score (nSPS) is 16.8. The Labute approximate surface area is 347 Å². The SMILES string of the molecule is CCC1C(c2ccccc2)=NC(c2ccccc2)=CC1c1cccc(-c2ccc3c(c2)c2ccccc2c2cccc(-c4ccc5c(c4)-c4ccccc4C5(C)C)c23)c1. The lowest BCUT2D eigenvalue weighted by molar-refractivity contribution is 0.593. The summed E-state index contributed by atoms with van der Waals surface area (Å²) < 4.78 is 0. The number of aliphatic imine (C=N–C) groups is 1. The van der Waals surface area contributed by atoms with Crippen molar-refractivity contribution in [1.29, 1.82) is 0 Å². The summed E-state index contributed by atoms with van der Waals surface area (Å²) in [5, 5.41) is 7.74. The Morgan fingerprint density at radius 2 is 1.03 bits per heavy atom. The van der Waals surface area contributed by atoms with Gasteiger partial charge in [-0.2, -0.15) is 0 Å². The first-order valence-electron chi connectivity index (χ1n) is 21.1. The van der Waals surface area contributed by atoms with Crippen LogP contribution in [-0.4, -0.2) is 5.71 Å². The minimum Gasteiger partial charge on any atom is -0.252 e. The molecule has 0 radical (unpaired) electrons. The van der Waals surface area contributed by atoms with Crippen LogP contribution in [-0.2, 0) is 5.41 Å². The van der Waals surface area contributed by atoms with Crippen LogP contribution in [0.5, 0.6) is 0 Å². The van der Waals surface area contributed by atoms with E-state index in [2.05, 4.69) is 215 Å². The van der Waals surface area contributed by atoms with Crippen molar-refractivity contribution in [3.63, 3.8) is 0 Å². The molecule has 1 heteroatoms. The molecule has 9 aromatic carbocycles. The molecule has 0 saturated carbocycles. The molecule has 0 amide bonds. The molecule has 1 aliphatic heterocycles. The van der Waals surface area contributed by atoms with Crippen molar-refractivity contribution in [3.05, 3.63) is 222 Å². The highest BCUT2D eigenvalue weighted by molar-refractivity contribution is 6.29. The molecular formula is C58H45N. The molecule has 2 atom stereocenters. The lowest BCUT2D eigenvalue weighted by Gasteiger charge is -2.31. The number of allylic oxidation sites excluding steroid dienone is 1. The lowest BCUT2D eigenvalue weighted by atomic mass is 9.76. The monoisotopic (exact) mass is 755 g/mol. The molecule has 282 valence electrons. The largest absolute Gasteiger partial charge is 0.252 e. The van der Waals surface area contributed by atoms with Crippen molar-refractivity contribution < 1.29 is 0 Å². The summed E-state index contributed by atoms with van der Waals surface area (Å²) in [5.74, 6) is 0.435. The van der Waals surface area contributed by atoms with E-state index in [4.69, 9.17) is 4.99 Å². The molecule has 0 saturated heterocycles. The van der Waals surface area contributed by atoms with E-state index in [0.29, 0.717) is 0 Å². The summed E-state index contributed by atoms with van der Waals surface area (Å²) in [6.45, 7) is 7.01. The third kappa shape index (κ3) is 5.71. The highest BCUT2D eigenvalue weighted by atomic mass is 14.8. The second-order valence-electron chi connectivity index (χ2n) is 16.9. The summed E-state index contributed by atoms with van der Waals surface area (Å²) in [7, 11) is 0. The van der Waals surface area contributed by atoms with E-state index in [9.17, 15) is 0 Å². The first-order chi connectivity index (χ1) is 29.0. The molecule has 0 fully saturated rings. The maximum absolute atomic E-state index is 5.36. The van der Waals surface area contributed by atoms with Gasteiger partial charge in [-0.25, -0.2) is 0 Å². The molecular weight excluding hydrogens is 711 g/mol. The van der Waals surface area contributed by atoms with E-state index in [1.165, 1.54) is 93.7 Å². The van der Waals surface area contributed by atoms with Crippen molar-refractivity contribution in [2.45, 2.75) is 38.5 Å². The highest BCUT2D eigenvalue weighted by Crippen LogP contribution is 2.50. The fraction of sp³-hybridized carbons (Fsp3) is 0.121. The Balaban J connectivity index is 1.06. The van der Waals surface area contributed by atoms with Crippen LogP contribution < -0.4 is 0 Å². The van der Waals surface area contributed by atoms with Crippen molar-refractivity contribution in [2.24, 2.45) is 10.9 Å². The molecule has 9 aromatic rings. The smallest absolute Gasteiger partial charge is 0.0672 e. The van der Waals surface area contributed by atoms with Crippen LogP contribution >= 0.6 is 0 Å². The first-order valence-corrected chi connectivity index (χ1v) is 21.1. The van der Waals surface area contributed by atoms with Gasteiger partial charge in [-0.05, 0) is 118 Å². The van der Waals surface area contributed by atoms with Gasteiger partial charge in [0, 0.05) is 17.3 Å². The molecule has 1 nitrogen and oxygen atoms in total. The van der Waals surface area contributed by atoms with Gasteiger partial charge in [-0.15, -0.1) is 0 Å². The highest BCUT2D eigenvalue weighted by Gasteiger charge is 2.35. The molecule has 0 spiro atoms. The van der Waals surface area contributed by atoms with Gasteiger partial charge in [0.1, 0.15) is 0 Å². The van der Waals surface area contributed by atoms with Gasteiger partial charge in [-0.1, -0.05) is 197 Å². The topological polar surface area (TPSA) is 12.4 Å². The predicted molar refractivity (Wildman–Crippen MR) is 251 cm³/mol. The van der Waals surface area contributed by atoms with Crippen molar-refractivity contribution in [1.82, 2.24) is 0 Å². The number of benzene rings is 9. The summed E-state index contributed by atoms with van der Waals surface area (Å²) in [6.07, 6.45) is 3.40. The molecule has 1 aliphatic carbocycles. The van der Waals surface area contributed by atoms with Crippen LogP contribution in [0.15, 0.2) is 199 Å². The minimum atomic E-state index is -0.0213. The molecule has 59 heavy (non-hydrogen) atoms. The van der Waals surface area contributed by atoms with E-state index in [1.54, 1.807) is 0 Å². The predicted octanol–water partition coefficient (Wildman–Crippen LogP) is 15.4. The Bertz CT molecular complexity index is 3170. The van der Waals surface area contributed by atoms with E-state index in [-0.39, 0.29) is 17.3 Å². The molecule has 2 unspecified atom stereocenters. The Kier molecular flexibility index (Phi) is 8.34. The maximum atomic E-state index is 5.36. The average Bonchev–Trinajstić information content (AvgIpc) is 3.54. The third-order valence-electron chi connectivity index (χ3n) is 13.3. The summed E-state index contributed by atoms with van der Waals surface area (Å²) in [6, 6.07) is 69.8. The quantitative estimate of drug-likeness (QED) is 0.150. The molecule has 11 rings (SSSR count). The first kappa shape index (κ1) is 35.3. The zero-order valence-corrected chi connectivity index (χ0v) is 33.8. The van der Waals surface area contributed by atoms with Gasteiger partial charge >= 0.3 is 0 Å². The molecule has 0 aromatic heterocycles. The van der Waals surface area contributed by atoms with Gasteiger partial charge in [-0.3, -0.25) is 4.99 Å². The second kappa shape index (κ2) is 13.9. The van der Waals surface area contributed by atoms with Gasteiger partial charge in [0.2, 0.25) is 0 Å². The summed E-state index contributed by atoms with van der Waals surface area (Å²) in [5.41, 5.74) is 16.4. The average molecular weight is 756 g/mol. The number of fused-ring (bicyclic) bond motifs is 9. The second-order valence-corrected chi connectivity index (χ2v) is 16.9. The number of nitrogens with zero attached hydrogens (tertiary/aromatic N) is 1. The van der Waals surface area contributed by atoms with Gasteiger partial charge < -0.3 is 0 Å². The molecule has 0 bridgehead atoms. The Morgan fingerprint density at radius 1 is 0.441 bits per heavy atom. The fourth-order valence-corrected chi connectivity index (χ4v) is 10.4. The van der Waals surface area contributed by atoms with Crippen LogP contribution in [0.3, 0.4) is 0 Å². The van der Waals surface area contributed by atoms with Crippen LogP contribution in [0.25, 0.3) is 71.4 Å². The van der Waals surface area contributed by atoms with E-state index in [1.807, 2.05) is 0 Å². The zero-order valence-electron chi connectivity index (χ0n) is 33.8.